The van der Waals surface area contributed by atoms with Crippen molar-refractivity contribution in [1.82, 2.24) is 15.3 Å². The molecule has 2 aromatic carbocycles. The van der Waals surface area contributed by atoms with Gasteiger partial charge in [0.2, 0.25) is 5.95 Å². The lowest BCUT2D eigenvalue weighted by Gasteiger charge is -2.19. The van der Waals surface area contributed by atoms with Crippen molar-refractivity contribution in [2.45, 2.75) is 25.8 Å². The Kier molecular flexibility index (Phi) is 5.97. The van der Waals surface area contributed by atoms with Gasteiger partial charge in [-0.25, -0.2) is 4.98 Å². The van der Waals surface area contributed by atoms with E-state index < -0.39 is 11.9 Å². The Bertz CT molecular complexity index is 1100. The third kappa shape index (κ3) is 5.05. The number of aromatic nitrogens is 2. The zero-order valence-electron chi connectivity index (χ0n) is 16.1. The average molecular weight is 464 g/mol. The fourth-order valence-electron chi connectivity index (χ4n) is 3.26. The Labute approximate surface area is 187 Å². The van der Waals surface area contributed by atoms with Gasteiger partial charge in [-0.2, -0.15) is 18.2 Å². The minimum absolute atomic E-state index is 0.0925. The number of thiocarbonyl (C=S) groups is 1. The molecule has 2 heterocycles. The molecule has 1 aliphatic rings. The van der Waals surface area contributed by atoms with Crippen molar-refractivity contribution in [1.29, 1.82) is 0 Å². The number of rotatable bonds is 4. The number of nitrogens with zero attached hydrogens (tertiary/aromatic N) is 3. The van der Waals surface area contributed by atoms with Crippen LogP contribution in [0, 0.1) is 0 Å². The molecule has 4 rings (SSSR count). The van der Waals surface area contributed by atoms with Gasteiger partial charge in [0.1, 0.15) is 5.82 Å². The summed E-state index contributed by atoms with van der Waals surface area (Å²) >= 11 is 11.3. The van der Waals surface area contributed by atoms with Crippen LogP contribution in [0.25, 0.3) is 0 Å². The molecule has 1 aromatic heterocycles. The molecular formula is C21H17ClF3N5S. The number of hydrogen-bond acceptors (Lipinski definition) is 4. The first-order valence-corrected chi connectivity index (χ1v) is 10.1. The number of fused-ring (bicyclic) bond motifs is 1. The van der Waals surface area contributed by atoms with Gasteiger partial charge in [0.15, 0.2) is 10.8 Å². The zero-order valence-corrected chi connectivity index (χ0v) is 17.7. The molecule has 0 aliphatic carbocycles. The summed E-state index contributed by atoms with van der Waals surface area (Å²) in [6.45, 7) is 1.25. The lowest BCUT2D eigenvalue weighted by Crippen LogP contribution is -2.29. The van der Waals surface area contributed by atoms with Gasteiger partial charge in [0.05, 0.1) is 0 Å². The van der Waals surface area contributed by atoms with Gasteiger partial charge in [-0.3, -0.25) is 0 Å². The van der Waals surface area contributed by atoms with E-state index in [1.165, 1.54) is 0 Å². The predicted octanol–water partition coefficient (Wildman–Crippen LogP) is 5.16. The summed E-state index contributed by atoms with van der Waals surface area (Å²) < 4.78 is 40.3. The number of alkyl halides is 3. The maximum atomic E-state index is 13.4. The van der Waals surface area contributed by atoms with Crippen molar-refractivity contribution in [3.63, 3.8) is 0 Å². The Morgan fingerprint density at radius 2 is 1.68 bits per heavy atom. The van der Waals surface area contributed by atoms with Crippen molar-refractivity contribution in [2.24, 2.45) is 0 Å². The molecule has 31 heavy (non-hydrogen) atoms. The molecule has 0 fully saturated rings. The Balaban J connectivity index is 1.52. The second kappa shape index (κ2) is 8.68. The first kappa shape index (κ1) is 21.3. The average Bonchev–Trinajstić information content (AvgIpc) is 3.17. The van der Waals surface area contributed by atoms with Gasteiger partial charge in [-0.05, 0) is 35.0 Å². The molecule has 160 valence electrons. The second-order valence-corrected chi connectivity index (χ2v) is 7.77. The van der Waals surface area contributed by atoms with Crippen LogP contribution >= 0.6 is 23.8 Å². The summed E-state index contributed by atoms with van der Waals surface area (Å²) in [5.41, 5.74) is 1.88. The zero-order chi connectivity index (χ0) is 22.0. The summed E-state index contributed by atoms with van der Waals surface area (Å²) in [7, 11) is 0. The normalized spacial score (nSPS) is 13.1. The van der Waals surface area contributed by atoms with E-state index in [0.717, 1.165) is 22.8 Å². The first-order valence-electron chi connectivity index (χ1n) is 9.36. The molecule has 0 amide bonds. The topological polar surface area (TPSA) is 53.1 Å². The molecule has 0 saturated heterocycles. The Morgan fingerprint density at radius 3 is 2.32 bits per heavy atom. The third-order valence-electron chi connectivity index (χ3n) is 4.79. The Morgan fingerprint density at radius 1 is 1.03 bits per heavy atom. The molecule has 0 bridgehead atoms. The van der Waals surface area contributed by atoms with E-state index in [-0.39, 0.29) is 16.9 Å². The van der Waals surface area contributed by atoms with Crippen molar-refractivity contribution >= 4 is 40.7 Å². The van der Waals surface area contributed by atoms with Gasteiger partial charge in [-0.1, -0.05) is 54.1 Å². The molecule has 2 N–H and O–H groups in total. The van der Waals surface area contributed by atoms with E-state index in [9.17, 15) is 13.2 Å². The van der Waals surface area contributed by atoms with E-state index >= 15 is 0 Å². The van der Waals surface area contributed by atoms with E-state index in [1.54, 1.807) is 17.0 Å². The fraction of sp³-hybridized carbons (Fsp3) is 0.190. The van der Waals surface area contributed by atoms with Crippen LogP contribution in [-0.2, 0) is 25.8 Å². The highest BCUT2D eigenvalue weighted by Crippen LogP contribution is 2.33. The van der Waals surface area contributed by atoms with Gasteiger partial charge >= 0.3 is 6.18 Å². The third-order valence-corrected chi connectivity index (χ3v) is 5.41. The SMILES string of the molecule is FC(F)(F)c1cc(N2Cc3ccccc3C2)nc(NC(=S)NCc2ccccc2Cl)n1. The number of hydrogen-bond donors (Lipinski definition) is 2. The monoisotopic (exact) mass is 463 g/mol. The predicted molar refractivity (Wildman–Crippen MR) is 118 cm³/mol. The molecule has 3 aromatic rings. The molecule has 0 spiro atoms. The number of nitrogens with one attached hydrogen (secondary N) is 2. The summed E-state index contributed by atoms with van der Waals surface area (Å²) in [5.74, 6) is -0.0487. The fourth-order valence-corrected chi connectivity index (χ4v) is 3.62. The molecule has 5 nitrogen and oxygen atoms in total. The van der Waals surface area contributed by atoms with Crippen molar-refractivity contribution in [3.8, 4) is 0 Å². The number of benzene rings is 2. The van der Waals surface area contributed by atoms with E-state index in [1.807, 2.05) is 36.4 Å². The van der Waals surface area contributed by atoms with Crippen molar-refractivity contribution in [2.75, 3.05) is 10.2 Å². The van der Waals surface area contributed by atoms with Crippen LogP contribution in [0.1, 0.15) is 22.4 Å². The van der Waals surface area contributed by atoms with E-state index in [4.69, 9.17) is 23.8 Å². The van der Waals surface area contributed by atoms with Gasteiger partial charge < -0.3 is 15.5 Å². The van der Waals surface area contributed by atoms with Crippen molar-refractivity contribution in [3.05, 3.63) is 82.0 Å². The summed E-state index contributed by atoms with van der Waals surface area (Å²) in [4.78, 5) is 9.66. The maximum Gasteiger partial charge on any atom is 0.433 e. The summed E-state index contributed by atoms with van der Waals surface area (Å²) in [6, 6.07) is 15.9. The first-order chi connectivity index (χ1) is 14.8. The Hall–Kier alpha value is -2.91. The minimum atomic E-state index is -4.62. The van der Waals surface area contributed by atoms with Crippen LogP contribution in [0.3, 0.4) is 0 Å². The lowest BCUT2D eigenvalue weighted by molar-refractivity contribution is -0.141. The van der Waals surface area contributed by atoms with Crippen LogP contribution in [0.5, 0.6) is 0 Å². The van der Waals surface area contributed by atoms with Crippen LogP contribution in [0.4, 0.5) is 24.9 Å². The molecule has 0 saturated carbocycles. The highest BCUT2D eigenvalue weighted by atomic mass is 35.5. The van der Waals surface area contributed by atoms with Gasteiger partial charge in [0.25, 0.3) is 0 Å². The highest BCUT2D eigenvalue weighted by molar-refractivity contribution is 7.80. The quantitative estimate of drug-likeness (QED) is 0.521. The lowest BCUT2D eigenvalue weighted by atomic mass is 10.1. The van der Waals surface area contributed by atoms with E-state index in [2.05, 4.69) is 20.6 Å². The smallest absolute Gasteiger partial charge is 0.358 e. The minimum Gasteiger partial charge on any atom is -0.358 e. The molecular weight excluding hydrogens is 447 g/mol. The molecule has 0 unspecified atom stereocenters. The summed E-state index contributed by atoms with van der Waals surface area (Å²) in [5, 5.41) is 6.22. The largest absolute Gasteiger partial charge is 0.433 e. The number of halogens is 4. The summed E-state index contributed by atoms with van der Waals surface area (Å²) in [6.07, 6.45) is -4.62. The van der Waals surface area contributed by atoms with Gasteiger partial charge in [0, 0.05) is 30.7 Å². The standard InChI is InChI=1S/C21H17ClF3N5S/c22-16-8-4-3-5-13(16)10-26-20(31)29-19-27-17(21(23,24)25)9-18(28-19)30-11-14-6-1-2-7-15(14)12-30/h1-9H,10-12H2,(H2,26,27,28,29,31). The van der Waals surface area contributed by atoms with Crippen molar-refractivity contribution < 1.29 is 13.2 Å². The molecule has 10 heteroatoms. The van der Waals surface area contributed by atoms with Crippen LogP contribution in [0.2, 0.25) is 5.02 Å². The second-order valence-electron chi connectivity index (χ2n) is 6.96. The van der Waals surface area contributed by atoms with E-state index in [0.29, 0.717) is 24.7 Å². The highest BCUT2D eigenvalue weighted by Gasteiger charge is 2.35. The molecule has 1 aliphatic heterocycles. The molecule has 0 atom stereocenters. The van der Waals surface area contributed by atoms with Gasteiger partial charge in [-0.15, -0.1) is 0 Å². The number of anilines is 2. The molecule has 0 radical (unpaired) electrons. The van der Waals surface area contributed by atoms with Crippen LogP contribution in [-0.4, -0.2) is 15.1 Å². The van der Waals surface area contributed by atoms with Crippen LogP contribution < -0.4 is 15.5 Å². The van der Waals surface area contributed by atoms with Crippen LogP contribution in [0.15, 0.2) is 54.6 Å². The maximum absolute atomic E-state index is 13.4.